The lowest BCUT2D eigenvalue weighted by atomic mass is 9.96. The molecule has 0 radical (unpaired) electrons. The van der Waals surface area contributed by atoms with Gasteiger partial charge < -0.3 is 19.6 Å². The average molecular weight is 367 g/mol. The van der Waals surface area contributed by atoms with Gasteiger partial charge in [0.2, 0.25) is 0 Å². The number of aliphatic hydroxyl groups is 1. The number of amides is 1. The third-order valence-electron chi connectivity index (χ3n) is 4.26. The van der Waals surface area contributed by atoms with E-state index in [0.717, 1.165) is 11.3 Å². The first-order chi connectivity index (χ1) is 12.9. The SMILES string of the molecule is COc1ccc(CC(C)(O)CNC(=O)c2cc3ccccc3oc2=O)cc1. The second kappa shape index (κ2) is 7.63. The Morgan fingerprint density at radius 2 is 1.89 bits per heavy atom. The van der Waals surface area contributed by atoms with E-state index in [1.807, 2.05) is 24.3 Å². The molecule has 1 aromatic heterocycles. The smallest absolute Gasteiger partial charge is 0.349 e. The minimum Gasteiger partial charge on any atom is -0.497 e. The standard InChI is InChI=1S/C21H21NO5/c1-21(25,12-14-7-9-16(26-2)10-8-14)13-22-19(23)17-11-15-5-3-4-6-18(15)27-20(17)24/h3-11,25H,12-13H2,1-2H3,(H,22,23). The molecular weight excluding hydrogens is 346 g/mol. The van der Waals surface area contributed by atoms with Crippen molar-refractivity contribution >= 4 is 16.9 Å². The molecule has 1 heterocycles. The van der Waals surface area contributed by atoms with Crippen molar-refractivity contribution in [3.8, 4) is 5.75 Å². The van der Waals surface area contributed by atoms with Gasteiger partial charge in [-0.25, -0.2) is 4.79 Å². The van der Waals surface area contributed by atoms with Crippen molar-refractivity contribution in [3.63, 3.8) is 0 Å². The molecule has 1 unspecified atom stereocenters. The molecule has 1 atom stereocenters. The highest BCUT2D eigenvalue weighted by Crippen LogP contribution is 2.17. The van der Waals surface area contributed by atoms with Crippen molar-refractivity contribution in [2.75, 3.05) is 13.7 Å². The van der Waals surface area contributed by atoms with Crippen LogP contribution in [0.15, 0.2) is 63.8 Å². The Bertz CT molecular complexity index is 1010. The molecule has 0 fully saturated rings. The molecular formula is C21H21NO5. The van der Waals surface area contributed by atoms with Crippen LogP contribution < -0.4 is 15.7 Å². The number of carbonyl (C=O) groups is 1. The molecule has 6 nitrogen and oxygen atoms in total. The first kappa shape index (κ1) is 18.7. The zero-order chi connectivity index (χ0) is 19.4. The number of nitrogens with one attached hydrogen (secondary N) is 1. The summed E-state index contributed by atoms with van der Waals surface area (Å²) in [5.41, 5.74) is -0.651. The van der Waals surface area contributed by atoms with Crippen LogP contribution in [0.3, 0.4) is 0 Å². The summed E-state index contributed by atoms with van der Waals surface area (Å²) in [7, 11) is 1.59. The fourth-order valence-corrected chi connectivity index (χ4v) is 2.83. The first-order valence-corrected chi connectivity index (χ1v) is 8.54. The van der Waals surface area contributed by atoms with Crippen LogP contribution in [0.2, 0.25) is 0 Å². The molecule has 0 spiro atoms. The third kappa shape index (κ3) is 4.54. The van der Waals surface area contributed by atoms with E-state index in [0.29, 0.717) is 17.4 Å². The summed E-state index contributed by atoms with van der Waals surface area (Å²) in [6, 6.07) is 15.8. The molecule has 3 rings (SSSR count). The quantitative estimate of drug-likeness (QED) is 0.654. The summed E-state index contributed by atoms with van der Waals surface area (Å²) in [5, 5.41) is 13.9. The van der Waals surface area contributed by atoms with Crippen LogP contribution in [0.5, 0.6) is 5.75 Å². The zero-order valence-electron chi connectivity index (χ0n) is 15.2. The van der Waals surface area contributed by atoms with Gasteiger partial charge in [0.05, 0.1) is 12.7 Å². The molecule has 0 saturated heterocycles. The van der Waals surface area contributed by atoms with Crippen LogP contribution in [0.1, 0.15) is 22.8 Å². The monoisotopic (exact) mass is 367 g/mol. The average Bonchev–Trinajstić information content (AvgIpc) is 2.66. The largest absolute Gasteiger partial charge is 0.497 e. The van der Waals surface area contributed by atoms with E-state index in [-0.39, 0.29) is 12.1 Å². The van der Waals surface area contributed by atoms with Crippen LogP contribution in [0, 0.1) is 0 Å². The van der Waals surface area contributed by atoms with E-state index in [1.165, 1.54) is 6.07 Å². The molecule has 0 aliphatic heterocycles. The molecule has 3 aromatic rings. The maximum atomic E-state index is 12.4. The Morgan fingerprint density at radius 1 is 1.19 bits per heavy atom. The van der Waals surface area contributed by atoms with Gasteiger partial charge in [-0.15, -0.1) is 0 Å². The summed E-state index contributed by atoms with van der Waals surface area (Å²) in [5.74, 6) is 0.152. The number of ether oxygens (including phenoxy) is 1. The van der Waals surface area contributed by atoms with Crippen molar-refractivity contribution in [2.24, 2.45) is 0 Å². The summed E-state index contributed by atoms with van der Waals surface area (Å²) in [4.78, 5) is 24.4. The number of fused-ring (bicyclic) bond motifs is 1. The zero-order valence-corrected chi connectivity index (χ0v) is 15.2. The highest BCUT2D eigenvalue weighted by atomic mass is 16.5. The predicted molar refractivity (Wildman–Crippen MR) is 102 cm³/mol. The number of rotatable bonds is 6. The Balaban J connectivity index is 1.68. The van der Waals surface area contributed by atoms with Gasteiger partial charge >= 0.3 is 5.63 Å². The lowest BCUT2D eigenvalue weighted by molar-refractivity contribution is 0.0551. The number of para-hydroxylation sites is 1. The Kier molecular flexibility index (Phi) is 5.28. The van der Waals surface area contributed by atoms with Crippen molar-refractivity contribution < 1.29 is 19.1 Å². The summed E-state index contributed by atoms with van der Waals surface area (Å²) < 4.78 is 10.3. The van der Waals surface area contributed by atoms with Crippen molar-refractivity contribution in [1.82, 2.24) is 5.32 Å². The summed E-state index contributed by atoms with van der Waals surface area (Å²) >= 11 is 0. The Morgan fingerprint density at radius 3 is 2.59 bits per heavy atom. The second-order valence-corrected chi connectivity index (χ2v) is 6.69. The molecule has 6 heteroatoms. The maximum Gasteiger partial charge on any atom is 0.349 e. The number of hydrogen-bond acceptors (Lipinski definition) is 5. The van der Waals surface area contributed by atoms with E-state index >= 15 is 0 Å². The Hall–Kier alpha value is -3.12. The molecule has 2 N–H and O–H groups in total. The predicted octanol–water partition coefficient (Wildman–Crippen LogP) is 2.53. The molecule has 2 aromatic carbocycles. The van der Waals surface area contributed by atoms with Gasteiger partial charge in [0.1, 0.15) is 16.9 Å². The molecule has 140 valence electrons. The highest BCUT2D eigenvalue weighted by Gasteiger charge is 2.23. The van der Waals surface area contributed by atoms with Crippen molar-refractivity contribution in [3.05, 3.63) is 76.1 Å². The van der Waals surface area contributed by atoms with Gasteiger partial charge in [-0.05, 0) is 36.8 Å². The molecule has 0 saturated carbocycles. The van der Waals surface area contributed by atoms with E-state index < -0.39 is 17.1 Å². The van der Waals surface area contributed by atoms with Crippen LogP contribution in [-0.2, 0) is 6.42 Å². The van der Waals surface area contributed by atoms with Crippen LogP contribution in [0.4, 0.5) is 0 Å². The van der Waals surface area contributed by atoms with Crippen molar-refractivity contribution in [1.29, 1.82) is 0 Å². The van der Waals surface area contributed by atoms with E-state index in [2.05, 4.69) is 5.32 Å². The van der Waals surface area contributed by atoms with Crippen LogP contribution in [0.25, 0.3) is 11.0 Å². The minimum absolute atomic E-state index is 0.00979. The van der Waals surface area contributed by atoms with Gasteiger partial charge in [0.15, 0.2) is 0 Å². The topological polar surface area (TPSA) is 88.8 Å². The lowest BCUT2D eigenvalue weighted by Gasteiger charge is -2.24. The summed E-state index contributed by atoms with van der Waals surface area (Å²) in [6.45, 7) is 1.62. The van der Waals surface area contributed by atoms with E-state index in [1.54, 1.807) is 38.3 Å². The highest BCUT2D eigenvalue weighted by molar-refractivity contribution is 5.96. The van der Waals surface area contributed by atoms with Gasteiger partial charge in [-0.3, -0.25) is 4.79 Å². The molecule has 0 aliphatic carbocycles. The van der Waals surface area contributed by atoms with Gasteiger partial charge in [0.25, 0.3) is 5.91 Å². The van der Waals surface area contributed by atoms with Crippen LogP contribution in [-0.4, -0.2) is 30.3 Å². The first-order valence-electron chi connectivity index (χ1n) is 8.54. The number of hydrogen-bond donors (Lipinski definition) is 2. The Labute approximate surface area is 156 Å². The summed E-state index contributed by atoms with van der Waals surface area (Å²) in [6.07, 6.45) is 0.337. The molecule has 1 amide bonds. The minimum atomic E-state index is -1.18. The third-order valence-corrected chi connectivity index (χ3v) is 4.26. The number of carbonyl (C=O) groups excluding carboxylic acids is 1. The second-order valence-electron chi connectivity index (χ2n) is 6.69. The fourth-order valence-electron chi connectivity index (χ4n) is 2.83. The fraction of sp³-hybridized carbons (Fsp3) is 0.238. The molecule has 0 bridgehead atoms. The van der Waals surface area contributed by atoms with Crippen molar-refractivity contribution in [2.45, 2.75) is 18.9 Å². The van der Waals surface area contributed by atoms with E-state index in [4.69, 9.17) is 9.15 Å². The normalized spacial score (nSPS) is 13.1. The van der Waals surface area contributed by atoms with Crippen LogP contribution >= 0.6 is 0 Å². The number of methoxy groups -OCH3 is 1. The molecule has 0 aliphatic rings. The maximum absolute atomic E-state index is 12.4. The van der Waals surface area contributed by atoms with E-state index in [9.17, 15) is 14.7 Å². The molecule has 27 heavy (non-hydrogen) atoms. The number of benzene rings is 2. The van der Waals surface area contributed by atoms with Gasteiger partial charge in [0, 0.05) is 18.4 Å². The van der Waals surface area contributed by atoms with Gasteiger partial charge in [-0.2, -0.15) is 0 Å². The lowest BCUT2D eigenvalue weighted by Crippen LogP contribution is -2.43. The van der Waals surface area contributed by atoms with Gasteiger partial charge in [-0.1, -0.05) is 30.3 Å².